The van der Waals surface area contributed by atoms with E-state index in [4.69, 9.17) is 4.74 Å². The molecule has 2 N–H and O–H groups in total. The van der Waals surface area contributed by atoms with Gasteiger partial charge in [0.15, 0.2) is 0 Å². The number of hydrogen-bond acceptors (Lipinski definition) is 3. The van der Waals surface area contributed by atoms with Crippen LogP contribution in [0.3, 0.4) is 0 Å². The lowest BCUT2D eigenvalue weighted by Gasteiger charge is -2.14. The lowest BCUT2D eigenvalue weighted by Crippen LogP contribution is -2.40. The molecule has 0 radical (unpaired) electrons. The highest BCUT2D eigenvalue weighted by Crippen LogP contribution is 1.95. The average molecular weight is 244 g/mol. The van der Waals surface area contributed by atoms with Crippen LogP contribution in [-0.2, 0) is 9.53 Å². The Balaban J connectivity index is 3.33. The van der Waals surface area contributed by atoms with E-state index < -0.39 is 0 Å². The molecule has 1 amide bonds. The first-order valence-corrected chi connectivity index (χ1v) is 6.73. The highest BCUT2D eigenvalue weighted by atomic mass is 16.5. The highest BCUT2D eigenvalue weighted by Gasteiger charge is 2.06. The largest absolute Gasteiger partial charge is 0.385 e. The van der Waals surface area contributed by atoms with Crippen molar-refractivity contribution in [3.05, 3.63) is 0 Å². The predicted molar refractivity (Wildman–Crippen MR) is 71.1 cm³/mol. The van der Waals surface area contributed by atoms with Crippen LogP contribution < -0.4 is 10.6 Å². The number of hydrogen-bond donors (Lipinski definition) is 2. The molecule has 0 aliphatic carbocycles. The molecule has 102 valence electrons. The van der Waals surface area contributed by atoms with Crippen LogP contribution in [0.5, 0.6) is 0 Å². The van der Waals surface area contributed by atoms with Crippen molar-refractivity contribution >= 4 is 5.91 Å². The minimum Gasteiger partial charge on any atom is -0.385 e. The van der Waals surface area contributed by atoms with Gasteiger partial charge in [0, 0.05) is 19.8 Å². The van der Waals surface area contributed by atoms with Gasteiger partial charge in [-0.2, -0.15) is 0 Å². The number of nitrogens with one attached hydrogen (secondary N) is 2. The van der Waals surface area contributed by atoms with Crippen LogP contribution in [0.2, 0.25) is 0 Å². The molecule has 0 fully saturated rings. The van der Waals surface area contributed by atoms with Crippen LogP contribution in [0.15, 0.2) is 0 Å². The third kappa shape index (κ3) is 10.3. The summed E-state index contributed by atoms with van der Waals surface area (Å²) in [6.45, 7) is 6.35. The van der Waals surface area contributed by atoms with E-state index >= 15 is 0 Å². The smallest absolute Gasteiger partial charge is 0.234 e. The number of carbonyl (C=O) groups excluding carboxylic acids is 1. The first kappa shape index (κ1) is 16.4. The molecule has 0 aliphatic heterocycles. The maximum absolute atomic E-state index is 11.5. The molecule has 4 heteroatoms. The molecule has 0 aliphatic rings. The Kier molecular flexibility index (Phi) is 11.4. The van der Waals surface area contributed by atoms with Gasteiger partial charge in [0.2, 0.25) is 5.91 Å². The molecule has 0 spiro atoms. The summed E-state index contributed by atoms with van der Waals surface area (Å²) in [6, 6.07) is 0.325. The molecule has 0 atom stereocenters. The summed E-state index contributed by atoms with van der Waals surface area (Å²) in [5.74, 6) is 0.107. The van der Waals surface area contributed by atoms with E-state index in [0.717, 1.165) is 45.3 Å². The Morgan fingerprint density at radius 2 is 1.88 bits per heavy atom. The second-order valence-electron chi connectivity index (χ2n) is 4.31. The topological polar surface area (TPSA) is 50.4 Å². The number of ether oxygens (including phenoxy) is 1. The quantitative estimate of drug-likeness (QED) is 0.544. The number of unbranched alkanes of at least 4 members (excludes halogenated alkanes) is 2. The second-order valence-corrected chi connectivity index (χ2v) is 4.31. The SMILES string of the molecule is CCC(CC)NC(=O)CNCCCCCOC. The zero-order valence-electron chi connectivity index (χ0n) is 11.6. The monoisotopic (exact) mass is 244 g/mol. The summed E-state index contributed by atoms with van der Waals surface area (Å²) in [6.07, 6.45) is 5.34. The van der Waals surface area contributed by atoms with Gasteiger partial charge in [-0.25, -0.2) is 0 Å². The van der Waals surface area contributed by atoms with E-state index in [1.807, 2.05) is 0 Å². The highest BCUT2D eigenvalue weighted by molar-refractivity contribution is 5.78. The Morgan fingerprint density at radius 1 is 1.18 bits per heavy atom. The van der Waals surface area contributed by atoms with Gasteiger partial charge >= 0.3 is 0 Å². The maximum atomic E-state index is 11.5. The summed E-state index contributed by atoms with van der Waals surface area (Å²) in [4.78, 5) is 11.5. The van der Waals surface area contributed by atoms with Crippen molar-refractivity contribution in [3.63, 3.8) is 0 Å². The summed E-state index contributed by atoms with van der Waals surface area (Å²) in [5.41, 5.74) is 0. The number of methoxy groups -OCH3 is 1. The Morgan fingerprint density at radius 3 is 2.47 bits per heavy atom. The lowest BCUT2D eigenvalue weighted by molar-refractivity contribution is -0.121. The van der Waals surface area contributed by atoms with Crippen LogP contribution in [0.4, 0.5) is 0 Å². The van der Waals surface area contributed by atoms with Crippen LogP contribution in [-0.4, -0.2) is 38.8 Å². The van der Waals surface area contributed by atoms with Crippen molar-refractivity contribution in [2.75, 3.05) is 26.8 Å². The molecule has 0 rings (SSSR count). The minimum atomic E-state index is 0.107. The third-order valence-corrected chi connectivity index (χ3v) is 2.84. The molecule has 0 aromatic carbocycles. The fraction of sp³-hybridized carbons (Fsp3) is 0.923. The van der Waals surface area contributed by atoms with E-state index in [1.165, 1.54) is 0 Å². The van der Waals surface area contributed by atoms with Crippen LogP contribution in [0.25, 0.3) is 0 Å². The Hall–Kier alpha value is -0.610. The lowest BCUT2D eigenvalue weighted by atomic mass is 10.2. The molecule has 0 saturated heterocycles. The molecule has 0 unspecified atom stereocenters. The van der Waals surface area contributed by atoms with E-state index in [0.29, 0.717) is 12.6 Å². The standard InChI is InChI=1S/C13H28N2O2/c1-4-12(5-2)15-13(16)11-14-9-7-6-8-10-17-3/h12,14H,4-11H2,1-3H3,(H,15,16). The van der Waals surface area contributed by atoms with Crippen molar-refractivity contribution in [2.24, 2.45) is 0 Å². The van der Waals surface area contributed by atoms with Crippen LogP contribution in [0.1, 0.15) is 46.0 Å². The van der Waals surface area contributed by atoms with Gasteiger partial charge in [-0.3, -0.25) is 4.79 Å². The van der Waals surface area contributed by atoms with Gasteiger partial charge in [0.1, 0.15) is 0 Å². The van der Waals surface area contributed by atoms with Gasteiger partial charge in [-0.05, 0) is 38.6 Å². The van der Waals surface area contributed by atoms with E-state index in [9.17, 15) is 4.79 Å². The van der Waals surface area contributed by atoms with Crippen LogP contribution in [0, 0.1) is 0 Å². The number of carbonyl (C=O) groups is 1. The Bertz CT molecular complexity index is 182. The van der Waals surface area contributed by atoms with Crippen molar-refractivity contribution < 1.29 is 9.53 Å². The first-order chi connectivity index (χ1) is 8.24. The van der Waals surface area contributed by atoms with Crippen molar-refractivity contribution in [1.82, 2.24) is 10.6 Å². The molecule has 0 bridgehead atoms. The van der Waals surface area contributed by atoms with Crippen molar-refractivity contribution in [3.8, 4) is 0 Å². The molecule has 4 nitrogen and oxygen atoms in total. The number of amides is 1. The predicted octanol–water partition coefficient (Wildman–Crippen LogP) is 1.70. The number of rotatable bonds is 11. The maximum Gasteiger partial charge on any atom is 0.234 e. The van der Waals surface area contributed by atoms with E-state index in [1.54, 1.807) is 7.11 Å². The van der Waals surface area contributed by atoms with E-state index in [2.05, 4.69) is 24.5 Å². The van der Waals surface area contributed by atoms with E-state index in [-0.39, 0.29) is 5.91 Å². The van der Waals surface area contributed by atoms with Gasteiger partial charge < -0.3 is 15.4 Å². The van der Waals surface area contributed by atoms with Gasteiger partial charge in [-0.15, -0.1) is 0 Å². The van der Waals surface area contributed by atoms with Crippen LogP contribution >= 0.6 is 0 Å². The first-order valence-electron chi connectivity index (χ1n) is 6.73. The molecular formula is C13H28N2O2. The summed E-state index contributed by atoms with van der Waals surface area (Å²) in [5, 5.41) is 6.17. The molecular weight excluding hydrogens is 216 g/mol. The van der Waals surface area contributed by atoms with Gasteiger partial charge in [0.25, 0.3) is 0 Å². The summed E-state index contributed by atoms with van der Waals surface area (Å²) in [7, 11) is 1.72. The zero-order valence-corrected chi connectivity index (χ0v) is 11.6. The minimum absolute atomic E-state index is 0.107. The van der Waals surface area contributed by atoms with Gasteiger partial charge in [-0.1, -0.05) is 13.8 Å². The normalized spacial score (nSPS) is 10.8. The summed E-state index contributed by atoms with van der Waals surface area (Å²) >= 11 is 0. The molecule has 0 heterocycles. The van der Waals surface area contributed by atoms with Gasteiger partial charge in [0.05, 0.1) is 6.54 Å². The molecule has 17 heavy (non-hydrogen) atoms. The second kappa shape index (κ2) is 11.9. The summed E-state index contributed by atoms with van der Waals surface area (Å²) < 4.78 is 4.97. The van der Waals surface area contributed by atoms with Crippen molar-refractivity contribution in [1.29, 1.82) is 0 Å². The molecule has 0 saturated carbocycles. The zero-order chi connectivity index (χ0) is 12.9. The molecule has 0 aromatic heterocycles. The fourth-order valence-electron chi connectivity index (χ4n) is 1.65. The fourth-order valence-corrected chi connectivity index (χ4v) is 1.65. The third-order valence-electron chi connectivity index (χ3n) is 2.84. The molecule has 0 aromatic rings. The van der Waals surface area contributed by atoms with Crippen molar-refractivity contribution in [2.45, 2.75) is 52.0 Å². The average Bonchev–Trinajstić information content (AvgIpc) is 2.34. The Labute approximate surface area is 105 Å².